The Bertz CT molecular complexity index is 271. The third-order valence-corrected chi connectivity index (χ3v) is 1.37. The fraction of sp³-hybridized carbons (Fsp3) is 0.222. The zero-order chi connectivity index (χ0) is 8.81. The van der Waals surface area contributed by atoms with Gasteiger partial charge in [-0.2, -0.15) is 0 Å². The SMILES string of the molecule is CC=CCOc1cccnc1N. The van der Waals surface area contributed by atoms with E-state index in [1.54, 1.807) is 18.3 Å². The molecule has 3 heteroatoms. The molecule has 3 nitrogen and oxygen atoms in total. The molecular weight excluding hydrogens is 152 g/mol. The highest BCUT2D eigenvalue weighted by Crippen LogP contribution is 2.16. The first-order chi connectivity index (χ1) is 5.84. The van der Waals surface area contributed by atoms with Gasteiger partial charge < -0.3 is 10.5 Å². The zero-order valence-corrected chi connectivity index (χ0v) is 7.03. The fourth-order valence-electron chi connectivity index (χ4n) is 0.759. The zero-order valence-electron chi connectivity index (χ0n) is 7.03. The molecule has 0 aliphatic carbocycles. The second-order valence-electron chi connectivity index (χ2n) is 2.27. The number of hydrogen-bond donors (Lipinski definition) is 1. The standard InChI is InChI=1S/C9H12N2O/c1-2-3-7-12-8-5-4-6-11-9(8)10/h2-6H,7H2,1H3,(H2,10,11). The number of rotatable bonds is 3. The lowest BCUT2D eigenvalue weighted by atomic mass is 10.4. The van der Waals surface area contributed by atoms with Gasteiger partial charge in [0.1, 0.15) is 6.61 Å². The molecule has 0 aromatic carbocycles. The van der Waals surface area contributed by atoms with E-state index in [1.807, 2.05) is 19.1 Å². The van der Waals surface area contributed by atoms with E-state index in [2.05, 4.69) is 4.98 Å². The molecule has 0 saturated heterocycles. The quantitative estimate of drug-likeness (QED) is 0.690. The van der Waals surface area contributed by atoms with E-state index in [0.717, 1.165) is 0 Å². The maximum atomic E-state index is 5.54. The molecule has 0 atom stereocenters. The fourth-order valence-corrected chi connectivity index (χ4v) is 0.759. The van der Waals surface area contributed by atoms with Crippen LogP contribution >= 0.6 is 0 Å². The van der Waals surface area contributed by atoms with Gasteiger partial charge in [-0.05, 0) is 19.1 Å². The van der Waals surface area contributed by atoms with Gasteiger partial charge in [0.25, 0.3) is 0 Å². The number of ether oxygens (including phenoxy) is 1. The number of hydrogen-bond acceptors (Lipinski definition) is 3. The van der Waals surface area contributed by atoms with Gasteiger partial charge in [0.05, 0.1) is 0 Å². The smallest absolute Gasteiger partial charge is 0.166 e. The Labute approximate surface area is 71.9 Å². The van der Waals surface area contributed by atoms with Crippen LogP contribution in [-0.2, 0) is 0 Å². The number of nitrogens with two attached hydrogens (primary N) is 1. The van der Waals surface area contributed by atoms with E-state index in [-0.39, 0.29) is 0 Å². The Morgan fingerprint density at radius 3 is 3.17 bits per heavy atom. The monoisotopic (exact) mass is 164 g/mol. The van der Waals surface area contributed by atoms with Crippen LogP contribution in [0.5, 0.6) is 5.75 Å². The minimum absolute atomic E-state index is 0.432. The normalized spacial score (nSPS) is 10.4. The Morgan fingerprint density at radius 1 is 1.67 bits per heavy atom. The van der Waals surface area contributed by atoms with E-state index in [0.29, 0.717) is 18.2 Å². The summed E-state index contributed by atoms with van der Waals surface area (Å²) in [4.78, 5) is 3.89. The molecular formula is C9H12N2O. The Kier molecular flexibility index (Phi) is 3.14. The van der Waals surface area contributed by atoms with Gasteiger partial charge in [-0.25, -0.2) is 4.98 Å². The molecule has 0 aliphatic heterocycles. The van der Waals surface area contributed by atoms with Crippen molar-refractivity contribution in [1.82, 2.24) is 4.98 Å². The number of allylic oxidation sites excluding steroid dienone is 1. The van der Waals surface area contributed by atoms with E-state index in [9.17, 15) is 0 Å². The van der Waals surface area contributed by atoms with Gasteiger partial charge in [0.2, 0.25) is 0 Å². The molecule has 0 spiro atoms. The molecule has 1 aromatic rings. The predicted molar refractivity (Wildman–Crippen MR) is 49.0 cm³/mol. The summed E-state index contributed by atoms with van der Waals surface area (Å²) in [7, 11) is 0. The first-order valence-corrected chi connectivity index (χ1v) is 3.79. The second-order valence-corrected chi connectivity index (χ2v) is 2.27. The highest BCUT2D eigenvalue weighted by molar-refractivity contribution is 5.44. The molecule has 0 saturated carbocycles. The van der Waals surface area contributed by atoms with Crippen LogP contribution in [0.4, 0.5) is 5.82 Å². The lowest BCUT2D eigenvalue weighted by molar-refractivity contribution is 0.363. The van der Waals surface area contributed by atoms with Crippen LogP contribution in [0.15, 0.2) is 30.5 Å². The van der Waals surface area contributed by atoms with E-state index in [4.69, 9.17) is 10.5 Å². The topological polar surface area (TPSA) is 48.1 Å². The average molecular weight is 164 g/mol. The molecule has 0 radical (unpaired) electrons. The summed E-state index contributed by atoms with van der Waals surface area (Å²) < 4.78 is 5.30. The van der Waals surface area contributed by atoms with Gasteiger partial charge >= 0.3 is 0 Å². The summed E-state index contributed by atoms with van der Waals surface area (Å²) in [5.74, 6) is 1.07. The number of nitrogens with zero attached hydrogens (tertiary/aromatic N) is 1. The van der Waals surface area contributed by atoms with E-state index < -0.39 is 0 Å². The molecule has 1 aromatic heterocycles. The van der Waals surface area contributed by atoms with Gasteiger partial charge in [0.15, 0.2) is 11.6 Å². The number of anilines is 1. The van der Waals surface area contributed by atoms with Crippen molar-refractivity contribution in [3.8, 4) is 5.75 Å². The minimum atomic E-state index is 0.432. The molecule has 0 aliphatic rings. The Hall–Kier alpha value is -1.51. The molecule has 1 rings (SSSR count). The third kappa shape index (κ3) is 2.27. The number of pyridine rings is 1. The first-order valence-electron chi connectivity index (χ1n) is 3.79. The van der Waals surface area contributed by atoms with Crippen LogP contribution in [0.2, 0.25) is 0 Å². The van der Waals surface area contributed by atoms with Crippen molar-refractivity contribution in [2.75, 3.05) is 12.3 Å². The van der Waals surface area contributed by atoms with Crippen LogP contribution in [0, 0.1) is 0 Å². The molecule has 2 N–H and O–H groups in total. The lowest BCUT2D eigenvalue weighted by Crippen LogP contribution is -1.98. The lowest BCUT2D eigenvalue weighted by Gasteiger charge is -2.03. The van der Waals surface area contributed by atoms with Gasteiger partial charge in [-0.15, -0.1) is 0 Å². The summed E-state index contributed by atoms with van der Waals surface area (Å²) in [6.07, 6.45) is 5.47. The average Bonchev–Trinajstić information content (AvgIpc) is 2.09. The Morgan fingerprint density at radius 2 is 2.50 bits per heavy atom. The Balaban J connectivity index is 2.57. The molecule has 0 fully saturated rings. The van der Waals surface area contributed by atoms with Crippen LogP contribution in [0.1, 0.15) is 6.92 Å². The van der Waals surface area contributed by atoms with Gasteiger partial charge in [-0.1, -0.05) is 12.2 Å². The summed E-state index contributed by atoms with van der Waals surface area (Å²) in [6.45, 7) is 2.47. The largest absolute Gasteiger partial charge is 0.486 e. The molecule has 64 valence electrons. The summed E-state index contributed by atoms with van der Waals surface area (Å²) in [5, 5.41) is 0. The van der Waals surface area contributed by atoms with E-state index >= 15 is 0 Å². The van der Waals surface area contributed by atoms with Crippen molar-refractivity contribution in [1.29, 1.82) is 0 Å². The summed E-state index contributed by atoms with van der Waals surface area (Å²) in [5.41, 5.74) is 5.54. The van der Waals surface area contributed by atoms with Gasteiger partial charge in [-0.3, -0.25) is 0 Å². The van der Waals surface area contributed by atoms with Crippen molar-refractivity contribution in [2.24, 2.45) is 0 Å². The summed E-state index contributed by atoms with van der Waals surface area (Å²) >= 11 is 0. The molecule has 0 unspecified atom stereocenters. The van der Waals surface area contributed by atoms with Crippen LogP contribution in [-0.4, -0.2) is 11.6 Å². The minimum Gasteiger partial charge on any atom is -0.486 e. The van der Waals surface area contributed by atoms with E-state index in [1.165, 1.54) is 0 Å². The van der Waals surface area contributed by atoms with Crippen LogP contribution < -0.4 is 10.5 Å². The molecule has 12 heavy (non-hydrogen) atoms. The highest BCUT2D eigenvalue weighted by atomic mass is 16.5. The maximum Gasteiger partial charge on any atom is 0.166 e. The molecule has 0 amide bonds. The third-order valence-electron chi connectivity index (χ3n) is 1.37. The number of aromatic nitrogens is 1. The van der Waals surface area contributed by atoms with Gasteiger partial charge in [0, 0.05) is 6.20 Å². The van der Waals surface area contributed by atoms with Crippen molar-refractivity contribution in [3.63, 3.8) is 0 Å². The molecule has 0 bridgehead atoms. The number of nitrogen functional groups attached to an aromatic ring is 1. The summed E-state index contributed by atoms with van der Waals surface area (Å²) in [6, 6.07) is 3.59. The molecule has 1 heterocycles. The van der Waals surface area contributed by atoms with Crippen LogP contribution in [0.25, 0.3) is 0 Å². The second kappa shape index (κ2) is 4.38. The first kappa shape index (κ1) is 8.59. The van der Waals surface area contributed by atoms with Crippen molar-refractivity contribution in [3.05, 3.63) is 30.5 Å². The van der Waals surface area contributed by atoms with Crippen molar-refractivity contribution < 1.29 is 4.74 Å². The maximum absolute atomic E-state index is 5.54. The van der Waals surface area contributed by atoms with Crippen molar-refractivity contribution >= 4 is 5.82 Å². The van der Waals surface area contributed by atoms with Crippen molar-refractivity contribution in [2.45, 2.75) is 6.92 Å². The van der Waals surface area contributed by atoms with Crippen LogP contribution in [0.3, 0.4) is 0 Å². The predicted octanol–water partition coefficient (Wildman–Crippen LogP) is 1.62. The highest BCUT2D eigenvalue weighted by Gasteiger charge is 1.96.